The van der Waals surface area contributed by atoms with Crippen molar-refractivity contribution in [3.63, 3.8) is 0 Å². The molecule has 3 aliphatic heterocycles. The minimum atomic E-state index is -2.40. The van der Waals surface area contributed by atoms with Crippen molar-refractivity contribution in [3.8, 4) is 11.5 Å². The Balaban J connectivity index is 1.84. The quantitative estimate of drug-likeness (QED) is 0.114. The third-order valence-electron chi connectivity index (χ3n) is 10.8. The number of phenols is 2. The molecule has 5 unspecified atom stereocenters. The number of nitrogens with one attached hydrogen (secondary N) is 4. The number of carbonyl (C=O) groups excluding carboxylic acids is 7. The first kappa shape index (κ1) is 46.5. The summed E-state index contributed by atoms with van der Waals surface area (Å²) in [6.07, 6.45) is -12.6. The maximum absolute atomic E-state index is 14.3. The molecule has 16 N–H and O–H groups in total. The first-order chi connectivity index (χ1) is 27.5. The molecular formula is C36H54N8O15. The molecule has 0 aromatic heterocycles. The first-order valence-corrected chi connectivity index (χ1v) is 19.0. The van der Waals surface area contributed by atoms with Crippen molar-refractivity contribution in [2.24, 2.45) is 23.3 Å². The van der Waals surface area contributed by atoms with Gasteiger partial charge < -0.3 is 83.4 Å². The average Bonchev–Trinajstić information content (AvgIpc) is 3.71. The summed E-state index contributed by atoms with van der Waals surface area (Å²) in [7, 11) is 0. The number of aliphatic hydroxyl groups excluding tert-OH is 6. The molecule has 23 heteroatoms. The van der Waals surface area contributed by atoms with Gasteiger partial charge in [0, 0.05) is 32.0 Å². The number of rotatable bonds is 7. The van der Waals surface area contributed by atoms with Crippen molar-refractivity contribution in [1.29, 1.82) is 0 Å². The van der Waals surface area contributed by atoms with Crippen LogP contribution in [0.25, 0.3) is 0 Å². The molecule has 3 aliphatic rings. The van der Waals surface area contributed by atoms with Gasteiger partial charge in [0.25, 0.3) is 0 Å². The highest BCUT2D eigenvalue weighted by Crippen LogP contribution is 2.31. The fourth-order valence-electron chi connectivity index (χ4n) is 7.42. The summed E-state index contributed by atoms with van der Waals surface area (Å²) in [5, 5.41) is 95.2. The minimum Gasteiger partial charge on any atom is -0.504 e. The van der Waals surface area contributed by atoms with Crippen LogP contribution in [0.3, 0.4) is 0 Å². The van der Waals surface area contributed by atoms with E-state index in [4.69, 9.17) is 11.5 Å². The van der Waals surface area contributed by atoms with Gasteiger partial charge in [-0.25, -0.2) is 0 Å². The van der Waals surface area contributed by atoms with Gasteiger partial charge in [-0.1, -0.05) is 19.9 Å². The largest absolute Gasteiger partial charge is 0.504 e. The van der Waals surface area contributed by atoms with Crippen LogP contribution in [0, 0.1) is 11.8 Å². The second-order valence-electron chi connectivity index (χ2n) is 15.6. The third kappa shape index (κ3) is 10.7. The first-order valence-electron chi connectivity index (χ1n) is 19.0. The molecule has 0 bridgehead atoms. The number of hydrogen-bond acceptors (Lipinski definition) is 16. The van der Waals surface area contributed by atoms with Crippen LogP contribution < -0.4 is 32.7 Å². The van der Waals surface area contributed by atoms with Gasteiger partial charge in [-0.3, -0.25) is 33.6 Å². The lowest BCUT2D eigenvalue weighted by Gasteiger charge is -2.34. The highest BCUT2D eigenvalue weighted by atomic mass is 16.3. The molecule has 328 valence electrons. The number of carbonyl (C=O) groups is 7. The van der Waals surface area contributed by atoms with Crippen molar-refractivity contribution in [1.82, 2.24) is 31.1 Å². The Morgan fingerprint density at radius 3 is 2.03 bits per heavy atom. The predicted molar refractivity (Wildman–Crippen MR) is 200 cm³/mol. The fourth-order valence-corrected chi connectivity index (χ4v) is 7.42. The van der Waals surface area contributed by atoms with Gasteiger partial charge in [-0.15, -0.1) is 0 Å². The standard InChI is InChI=1S/C36H54N8O15/c1-13-6-18(37)31(54)40-24(15(3)45)35(58)43-12-17(46)8-19(43)32(55)42-26(30(53)29(52)16-4-5-20(47)21(48)7-16)33(56)41-25(22(49)9-23(38)50)36(59)44-11-14(2)28(51)27(44)34(57)39-10-13/h4-5,7,13-15,17-19,22,24-30,45-49,51-53H,6,8-12,37H2,1-3H3,(H2,38,50)(H,39,57)(H,40,54)(H,41,56)(H,42,55)/t13-,14+,15-,17-,18+,19?,22-,24?,25?,26?,27?,28+,29+,30+/m1/s1. The van der Waals surface area contributed by atoms with Crippen LogP contribution in [0.2, 0.25) is 0 Å². The van der Waals surface area contributed by atoms with E-state index in [1.807, 2.05) is 0 Å². The molecule has 7 amide bonds. The van der Waals surface area contributed by atoms with Crippen LogP contribution in [0.1, 0.15) is 51.7 Å². The van der Waals surface area contributed by atoms with Crippen molar-refractivity contribution in [2.45, 2.75) is 113 Å². The lowest BCUT2D eigenvalue weighted by atomic mass is 9.96. The van der Waals surface area contributed by atoms with Crippen LogP contribution in [-0.2, 0) is 33.6 Å². The summed E-state index contributed by atoms with van der Waals surface area (Å²) in [6, 6.07) is -7.98. The topological polar surface area (TPSA) is 388 Å². The number of aromatic hydroxyl groups is 2. The summed E-state index contributed by atoms with van der Waals surface area (Å²) >= 11 is 0. The van der Waals surface area contributed by atoms with Crippen molar-refractivity contribution < 1.29 is 74.4 Å². The van der Waals surface area contributed by atoms with Crippen molar-refractivity contribution >= 4 is 41.4 Å². The molecule has 3 fully saturated rings. The van der Waals surface area contributed by atoms with Gasteiger partial charge in [-0.2, -0.15) is 0 Å². The van der Waals surface area contributed by atoms with Gasteiger partial charge >= 0.3 is 0 Å². The molecule has 0 radical (unpaired) electrons. The second-order valence-corrected chi connectivity index (χ2v) is 15.6. The normalized spacial score (nSPS) is 32.6. The van der Waals surface area contributed by atoms with E-state index in [1.54, 1.807) is 6.92 Å². The summed E-state index contributed by atoms with van der Waals surface area (Å²) in [6.45, 7) is 3.33. The maximum atomic E-state index is 14.3. The average molecular weight is 839 g/mol. The zero-order valence-corrected chi connectivity index (χ0v) is 32.5. The van der Waals surface area contributed by atoms with Gasteiger partial charge in [0.1, 0.15) is 42.4 Å². The summed E-state index contributed by atoms with van der Waals surface area (Å²) < 4.78 is 0. The monoisotopic (exact) mass is 838 g/mol. The number of nitrogens with zero attached hydrogens (tertiary/aromatic N) is 2. The van der Waals surface area contributed by atoms with Crippen LogP contribution in [0.15, 0.2) is 18.2 Å². The highest BCUT2D eigenvalue weighted by molar-refractivity contribution is 5.98. The van der Waals surface area contributed by atoms with E-state index < -0.39 is 157 Å². The van der Waals surface area contributed by atoms with Gasteiger partial charge in [0.15, 0.2) is 11.5 Å². The Kier molecular flexibility index (Phi) is 15.2. The Labute approximate surface area is 337 Å². The van der Waals surface area contributed by atoms with Crippen molar-refractivity contribution in [2.75, 3.05) is 19.6 Å². The lowest BCUT2D eigenvalue weighted by molar-refractivity contribution is -0.148. The van der Waals surface area contributed by atoms with Crippen LogP contribution in [-0.4, -0.2) is 178 Å². The summed E-state index contributed by atoms with van der Waals surface area (Å²) in [4.78, 5) is 96.9. The minimum absolute atomic E-state index is 0.0840. The maximum Gasteiger partial charge on any atom is 0.248 e. The Bertz CT molecular complexity index is 1770. The number of benzene rings is 1. The smallest absolute Gasteiger partial charge is 0.248 e. The van der Waals surface area contributed by atoms with Gasteiger partial charge in [-0.05, 0) is 37.0 Å². The molecule has 1 aromatic carbocycles. The van der Waals surface area contributed by atoms with Crippen molar-refractivity contribution in [3.05, 3.63) is 23.8 Å². The molecule has 0 saturated carbocycles. The Morgan fingerprint density at radius 2 is 1.42 bits per heavy atom. The zero-order chi connectivity index (χ0) is 44.2. The lowest BCUT2D eigenvalue weighted by Crippen LogP contribution is -2.64. The SMILES string of the molecule is C[C@H]1CNC(=O)C2[C@@H](O)[C@@H](C)CN2C(=O)C([C@H](O)CC(N)=O)NC(=O)C([C@H](O)[C@@H](O)c2ccc(O)c(O)c2)NC(=O)C2C[C@@H](O)CN2C(=O)C([C@@H](C)O)NC(=O)[C@@H](N)C1. The fraction of sp³-hybridized carbons (Fsp3) is 0.639. The molecule has 23 nitrogen and oxygen atoms in total. The molecule has 14 atom stereocenters. The van der Waals surface area contributed by atoms with E-state index in [2.05, 4.69) is 21.3 Å². The number of amides is 7. The van der Waals surface area contributed by atoms with Gasteiger partial charge in [0.2, 0.25) is 41.4 Å². The number of nitrogens with two attached hydrogens (primary N) is 2. The number of primary amides is 1. The Hall–Kier alpha value is -5.17. The molecule has 0 spiro atoms. The Morgan fingerprint density at radius 1 is 0.814 bits per heavy atom. The van der Waals surface area contributed by atoms with E-state index >= 15 is 0 Å². The molecule has 1 aromatic rings. The van der Waals surface area contributed by atoms with Gasteiger partial charge in [0.05, 0.1) is 36.9 Å². The number of fused-ring (bicyclic) bond motifs is 2. The van der Waals surface area contributed by atoms with Crippen LogP contribution in [0.5, 0.6) is 11.5 Å². The van der Waals surface area contributed by atoms with E-state index in [0.717, 1.165) is 28.0 Å². The van der Waals surface area contributed by atoms with E-state index in [0.29, 0.717) is 0 Å². The predicted octanol–water partition coefficient (Wildman–Crippen LogP) is -6.78. The van der Waals surface area contributed by atoms with Crippen LogP contribution in [0.4, 0.5) is 0 Å². The molecule has 3 heterocycles. The second kappa shape index (κ2) is 19.3. The van der Waals surface area contributed by atoms with E-state index in [1.165, 1.54) is 13.8 Å². The summed E-state index contributed by atoms with van der Waals surface area (Å²) in [5.74, 6) is -10.6. The van der Waals surface area contributed by atoms with E-state index in [-0.39, 0.29) is 25.1 Å². The molecular weight excluding hydrogens is 784 g/mol. The zero-order valence-electron chi connectivity index (χ0n) is 32.5. The summed E-state index contributed by atoms with van der Waals surface area (Å²) in [5.41, 5.74) is 11.1. The highest BCUT2D eigenvalue weighted by Gasteiger charge is 2.50. The number of aliphatic hydroxyl groups is 6. The molecule has 4 rings (SSSR count). The third-order valence-corrected chi connectivity index (χ3v) is 10.8. The molecule has 59 heavy (non-hydrogen) atoms. The van der Waals surface area contributed by atoms with Crippen LogP contribution >= 0.6 is 0 Å². The molecule has 3 saturated heterocycles. The number of hydrogen-bond donors (Lipinski definition) is 14. The molecule has 0 aliphatic carbocycles. The van der Waals surface area contributed by atoms with E-state index in [9.17, 15) is 74.4 Å². The number of phenolic OH excluding ortho intramolecular Hbond substituents is 2.